The Bertz CT molecular complexity index is 832. The second-order valence-corrected chi connectivity index (χ2v) is 5.39. The lowest BCUT2D eigenvalue weighted by Crippen LogP contribution is -1.99. The summed E-state index contributed by atoms with van der Waals surface area (Å²) < 4.78 is 2.43. The van der Waals surface area contributed by atoms with Crippen LogP contribution in [0.2, 0.25) is 5.02 Å². The number of benzene rings is 1. The molecule has 0 saturated heterocycles. The van der Waals surface area contributed by atoms with Crippen LogP contribution in [0.15, 0.2) is 41.0 Å². The van der Waals surface area contributed by atoms with Crippen molar-refractivity contribution in [3.05, 3.63) is 51.6 Å². The maximum Gasteiger partial charge on any atom is 0.337 e. The van der Waals surface area contributed by atoms with Gasteiger partial charge in [-0.05, 0) is 30.3 Å². The van der Waals surface area contributed by atoms with Crippen LogP contribution in [0, 0.1) is 0 Å². The molecule has 0 radical (unpaired) electrons. The molecule has 0 bridgehead atoms. The van der Waals surface area contributed by atoms with Crippen LogP contribution in [0.25, 0.3) is 17.0 Å². The molecule has 1 N–H and O–H groups in total. The Kier molecular flexibility index (Phi) is 3.19. The molecule has 2 aromatic heterocycles. The van der Waals surface area contributed by atoms with Gasteiger partial charge < -0.3 is 5.11 Å². The molecule has 20 heavy (non-hydrogen) atoms. The van der Waals surface area contributed by atoms with Gasteiger partial charge >= 0.3 is 5.97 Å². The molecule has 3 rings (SSSR count). The third-order valence-electron chi connectivity index (χ3n) is 2.82. The molecule has 0 amide bonds. The van der Waals surface area contributed by atoms with E-state index in [0.29, 0.717) is 16.5 Å². The van der Waals surface area contributed by atoms with Crippen molar-refractivity contribution in [1.29, 1.82) is 0 Å². The number of halogens is 2. The van der Waals surface area contributed by atoms with E-state index in [-0.39, 0.29) is 5.56 Å². The van der Waals surface area contributed by atoms with Gasteiger partial charge in [0.2, 0.25) is 0 Å². The van der Waals surface area contributed by atoms with Crippen molar-refractivity contribution in [2.45, 2.75) is 0 Å². The fourth-order valence-electron chi connectivity index (χ4n) is 1.87. The van der Waals surface area contributed by atoms with Crippen molar-refractivity contribution in [2.75, 3.05) is 0 Å². The van der Waals surface area contributed by atoms with E-state index < -0.39 is 5.97 Å². The molecule has 2 heterocycles. The van der Waals surface area contributed by atoms with Crippen molar-refractivity contribution in [3.8, 4) is 11.4 Å². The summed E-state index contributed by atoms with van der Waals surface area (Å²) in [6, 6.07) is 8.40. The molecular weight excluding hydrogens is 346 g/mol. The standard InChI is InChI=1S/C13H7BrClN3O2/c14-10-3-2-8(15)5-9(10)12-17-16-11-4-1-7(13(19)20)6-18(11)12/h1-6H,(H,19,20). The Morgan fingerprint density at radius 2 is 2.05 bits per heavy atom. The zero-order valence-corrected chi connectivity index (χ0v) is 12.3. The third-order valence-corrected chi connectivity index (χ3v) is 3.75. The SMILES string of the molecule is O=C(O)c1ccc2nnc(-c3cc(Cl)ccc3Br)n2c1. The van der Waals surface area contributed by atoms with Crippen molar-refractivity contribution < 1.29 is 9.90 Å². The summed E-state index contributed by atoms with van der Waals surface area (Å²) in [6.45, 7) is 0. The predicted octanol–water partition coefficient (Wildman–Crippen LogP) is 3.51. The summed E-state index contributed by atoms with van der Waals surface area (Å²) >= 11 is 9.42. The topological polar surface area (TPSA) is 67.5 Å². The fourth-order valence-corrected chi connectivity index (χ4v) is 2.47. The van der Waals surface area contributed by atoms with E-state index in [2.05, 4.69) is 26.1 Å². The molecule has 100 valence electrons. The van der Waals surface area contributed by atoms with Crippen molar-refractivity contribution >= 4 is 39.1 Å². The van der Waals surface area contributed by atoms with Gasteiger partial charge in [-0.3, -0.25) is 4.40 Å². The number of nitrogens with zero attached hydrogens (tertiary/aromatic N) is 3. The molecule has 0 fully saturated rings. The predicted molar refractivity (Wildman–Crippen MR) is 78.1 cm³/mol. The van der Waals surface area contributed by atoms with Crippen LogP contribution in [-0.2, 0) is 0 Å². The van der Waals surface area contributed by atoms with Crippen LogP contribution in [0.5, 0.6) is 0 Å². The number of carboxylic acid groups (broad SMARTS) is 1. The Morgan fingerprint density at radius 3 is 2.80 bits per heavy atom. The van der Waals surface area contributed by atoms with Gasteiger partial charge in [0, 0.05) is 21.3 Å². The number of fused-ring (bicyclic) bond motifs is 1. The molecule has 0 saturated carbocycles. The van der Waals surface area contributed by atoms with Crippen molar-refractivity contribution in [1.82, 2.24) is 14.6 Å². The number of pyridine rings is 1. The van der Waals surface area contributed by atoms with Crippen molar-refractivity contribution in [2.24, 2.45) is 0 Å². The Balaban J connectivity index is 2.28. The van der Waals surface area contributed by atoms with Crippen molar-refractivity contribution in [3.63, 3.8) is 0 Å². The molecule has 5 nitrogen and oxygen atoms in total. The average molecular weight is 353 g/mol. The van der Waals surface area contributed by atoms with Crippen LogP contribution in [0.3, 0.4) is 0 Å². The summed E-state index contributed by atoms with van der Waals surface area (Å²) in [5, 5.41) is 17.7. The summed E-state index contributed by atoms with van der Waals surface area (Å²) in [6.07, 6.45) is 1.49. The van der Waals surface area contributed by atoms with Gasteiger partial charge in [-0.25, -0.2) is 4.79 Å². The minimum atomic E-state index is -1.00. The van der Waals surface area contributed by atoms with Gasteiger partial charge in [0.25, 0.3) is 0 Å². The third kappa shape index (κ3) is 2.17. The number of hydrogen-bond acceptors (Lipinski definition) is 3. The monoisotopic (exact) mass is 351 g/mol. The summed E-state index contributed by atoms with van der Waals surface area (Å²) in [5.41, 5.74) is 1.47. The fraction of sp³-hybridized carbons (Fsp3) is 0. The quantitative estimate of drug-likeness (QED) is 0.766. The first-order valence-electron chi connectivity index (χ1n) is 5.60. The number of aromatic nitrogens is 3. The lowest BCUT2D eigenvalue weighted by atomic mass is 10.2. The number of carbonyl (C=O) groups is 1. The van der Waals surface area contributed by atoms with Crippen LogP contribution >= 0.6 is 27.5 Å². The Morgan fingerprint density at radius 1 is 1.25 bits per heavy atom. The van der Waals surface area contributed by atoms with Gasteiger partial charge in [-0.1, -0.05) is 27.5 Å². The van der Waals surface area contributed by atoms with Gasteiger partial charge in [0.1, 0.15) is 0 Å². The molecular formula is C13H7BrClN3O2. The highest BCUT2D eigenvalue weighted by Gasteiger charge is 2.13. The van der Waals surface area contributed by atoms with Crippen LogP contribution < -0.4 is 0 Å². The number of rotatable bonds is 2. The highest BCUT2D eigenvalue weighted by molar-refractivity contribution is 9.10. The van der Waals surface area contributed by atoms with Crippen LogP contribution in [0.4, 0.5) is 0 Å². The van der Waals surface area contributed by atoms with E-state index in [1.807, 2.05) is 0 Å². The Labute approximate surface area is 127 Å². The van der Waals surface area contributed by atoms with Crippen LogP contribution in [0.1, 0.15) is 10.4 Å². The van der Waals surface area contributed by atoms with E-state index in [1.165, 1.54) is 12.3 Å². The number of hydrogen-bond donors (Lipinski definition) is 1. The zero-order valence-electron chi connectivity index (χ0n) is 9.92. The van der Waals surface area contributed by atoms with Gasteiger partial charge in [0.15, 0.2) is 11.5 Å². The van der Waals surface area contributed by atoms with E-state index in [0.717, 1.165) is 10.0 Å². The second-order valence-electron chi connectivity index (χ2n) is 4.10. The lowest BCUT2D eigenvalue weighted by Gasteiger charge is -2.04. The zero-order chi connectivity index (χ0) is 14.3. The number of carboxylic acids is 1. The largest absolute Gasteiger partial charge is 0.478 e. The highest BCUT2D eigenvalue weighted by Crippen LogP contribution is 2.30. The van der Waals surface area contributed by atoms with E-state index in [1.54, 1.807) is 28.7 Å². The van der Waals surface area contributed by atoms with Crippen LogP contribution in [-0.4, -0.2) is 25.7 Å². The summed E-state index contributed by atoms with van der Waals surface area (Å²) in [7, 11) is 0. The molecule has 0 atom stereocenters. The molecule has 7 heteroatoms. The summed E-state index contributed by atoms with van der Waals surface area (Å²) in [4.78, 5) is 11.1. The van der Waals surface area contributed by atoms with Gasteiger partial charge in [0.05, 0.1) is 5.56 Å². The lowest BCUT2D eigenvalue weighted by molar-refractivity contribution is 0.0696. The molecule has 0 aliphatic heterocycles. The first-order valence-corrected chi connectivity index (χ1v) is 6.77. The smallest absolute Gasteiger partial charge is 0.337 e. The summed E-state index contributed by atoms with van der Waals surface area (Å²) in [5.74, 6) is -0.478. The normalized spacial score (nSPS) is 10.9. The molecule has 0 spiro atoms. The molecule has 0 unspecified atom stereocenters. The number of aromatic carboxylic acids is 1. The molecule has 3 aromatic rings. The highest BCUT2D eigenvalue weighted by atomic mass is 79.9. The minimum Gasteiger partial charge on any atom is -0.478 e. The molecule has 1 aromatic carbocycles. The first kappa shape index (κ1) is 13.1. The maximum absolute atomic E-state index is 11.1. The maximum atomic E-state index is 11.1. The minimum absolute atomic E-state index is 0.164. The van der Waals surface area contributed by atoms with E-state index >= 15 is 0 Å². The molecule has 0 aliphatic rings. The first-order chi connectivity index (χ1) is 9.56. The molecule has 0 aliphatic carbocycles. The van der Waals surface area contributed by atoms with Gasteiger partial charge in [-0.2, -0.15) is 0 Å². The Hall–Kier alpha value is -1.92. The van der Waals surface area contributed by atoms with Gasteiger partial charge in [-0.15, -0.1) is 10.2 Å². The van der Waals surface area contributed by atoms with E-state index in [4.69, 9.17) is 16.7 Å². The second kappa shape index (κ2) is 4.88. The average Bonchev–Trinajstić information content (AvgIpc) is 2.84. The van der Waals surface area contributed by atoms with E-state index in [9.17, 15) is 4.79 Å².